The molecule has 0 aliphatic carbocycles. The van der Waals surface area contributed by atoms with Gasteiger partial charge in [0.25, 0.3) is 0 Å². The van der Waals surface area contributed by atoms with Gasteiger partial charge in [0.2, 0.25) is 0 Å². The van der Waals surface area contributed by atoms with Crippen LogP contribution in [0.3, 0.4) is 0 Å². The van der Waals surface area contributed by atoms with E-state index in [-0.39, 0.29) is 0 Å². The van der Waals surface area contributed by atoms with Crippen molar-refractivity contribution in [1.82, 2.24) is 10.6 Å². The van der Waals surface area contributed by atoms with Gasteiger partial charge in [-0.1, -0.05) is 48.5 Å². The zero-order chi connectivity index (χ0) is 15.2. The monoisotopic (exact) mass is 328 g/mol. The summed E-state index contributed by atoms with van der Waals surface area (Å²) in [5, 5.41) is 7.54. The third-order valence-corrected chi connectivity index (χ3v) is 5.19. The summed E-state index contributed by atoms with van der Waals surface area (Å²) < 4.78 is 0. The molecule has 0 saturated carbocycles. The Hall–Kier alpha value is -1.52. The summed E-state index contributed by atoms with van der Waals surface area (Å²) in [6.07, 6.45) is 2.10. The summed E-state index contributed by atoms with van der Waals surface area (Å²) in [7, 11) is 0. The second-order valence-electron chi connectivity index (χ2n) is 5.36. The Bertz CT molecular complexity index is 628. The first kappa shape index (κ1) is 15.4. The van der Waals surface area contributed by atoms with Crippen LogP contribution in [-0.2, 0) is 6.42 Å². The first-order valence-corrected chi connectivity index (χ1v) is 9.02. The molecule has 1 aliphatic heterocycles. The molecule has 0 amide bonds. The minimum absolute atomic E-state index is 0.328. The molecule has 3 rings (SSSR count). The van der Waals surface area contributed by atoms with Gasteiger partial charge >= 0.3 is 0 Å². The van der Waals surface area contributed by atoms with Crippen molar-refractivity contribution in [3.05, 3.63) is 65.7 Å². The van der Waals surface area contributed by atoms with Gasteiger partial charge in [-0.15, -0.1) is 11.8 Å². The predicted octanol–water partition coefficient (Wildman–Crippen LogP) is 3.93. The molecule has 2 aromatic rings. The molecular formula is C18H20N2S2. The van der Waals surface area contributed by atoms with Crippen LogP contribution in [0.5, 0.6) is 0 Å². The Kier molecular flexibility index (Phi) is 5.35. The summed E-state index contributed by atoms with van der Waals surface area (Å²) in [6.45, 7) is 0.860. The average Bonchev–Trinajstić information content (AvgIpc) is 2.56. The van der Waals surface area contributed by atoms with E-state index in [1.54, 1.807) is 0 Å². The van der Waals surface area contributed by atoms with Crippen LogP contribution < -0.4 is 10.6 Å². The summed E-state index contributed by atoms with van der Waals surface area (Å²) in [4.78, 5) is 1.37. The molecule has 0 radical (unpaired) electrons. The van der Waals surface area contributed by atoms with E-state index >= 15 is 0 Å². The summed E-state index contributed by atoms with van der Waals surface area (Å²) >= 11 is 7.38. The topological polar surface area (TPSA) is 24.1 Å². The quantitative estimate of drug-likeness (QED) is 0.831. The number of fused-ring (bicyclic) bond motifs is 1. The minimum Gasteiger partial charge on any atom is -0.362 e. The molecule has 0 saturated heterocycles. The second-order valence-corrected chi connectivity index (χ2v) is 6.91. The maximum Gasteiger partial charge on any atom is 0.166 e. The van der Waals surface area contributed by atoms with Crippen LogP contribution in [0.2, 0.25) is 0 Å². The highest BCUT2D eigenvalue weighted by atomic mass is 32.2. The SMILES string of the molecule is S=C(NCCc1ccccc1)N[C@@H]1CCSc2ccccc21. The first-order valence-electron chi connectivity index (χ1n) is 7.63. The molecular weight excluding hydrogens is 308 g/mol. The van der Waals surface area contributed by atoms with Crippen molar-refractivity contribution in [3.8, 4) is 0 Å². The molecule has 2 nitrogen and oxygen atoms in total. The highest BCUT2D eigenvalue weighted by Gasteiger charge is 2.20. The normalized spacial score (nSPS) is 16.6. The standard InChI is InChI=1S/C18H20N2S2/c21-18(19-12-10-14-6-2-1-3-7-14)20-16-11-13-22-17-9-5-4-8-15(16)17/h1-9,16H,10-13H2,(H2,19,20,21)/t16-/m1/s1. The van der Waals surface area contributed by atoms with Gasteiger partial charge < -0.3 is 10.6 Å². The van der Waals surface area contributed by atoms with Crippen molar-refractivity contribution in [2.45, 2.75) is 23.8 Å². The van der Waals surface area contributed by atoms with Gasteiger partial charge in [-0.3, -0.25) is 0 Å². The van der Waals surface area contributed by atoms with E-state index in [0.717, 1.165) is 30.3 Å². The lowest BCUT2D eigenvalue weighted by atomic mass is 10.0. The predicted molar refractivity (Wildman–Crippen MR) is 98.4 cm³/mol. The van der Waals surface area contributed by atoms with E-state index in [1.807, 2.05) is 17.8 Å². The van der Waals surface area contributed by atoms with Crippen molar-refractivity contribution >= 4 is 29.1 Å². The van der Waals surface area contributed by atoms with Gasteiger partial charge in [0.1, 0.15) is 0 Å². The molecule has 0 fully saturated rings. The van der Waals surface area contributed by atoms with E-state index in [4.69, 9.17) is 12.2 Å². The number of thioether (sulfide) groups is 1. The average molecular weight is 329 g/mol. The number of rotatable bonds is 4. The molecule has 0 aromatic heterocycles. The Balaban J connectivity index is 1.50. The molecule has 0 spiro atoms. The number of nitrogens with one attached hydrogen (secondary N) is 2. The van der Waals surface area contributed by atoms with Gasteiger partial charge in [-0.05, 0) is 42.3 Å². The molecule has 2 N–H and O–H groups in total. The van der Waals surface area contributed by atoms with E-state index in [1.165, 1.54) is 16.0 Å². The molecule has 0 unspecified atom stereocenters. The lowest BCUT2D eigenvalue weighted by Crippen LogP contribution is -2.39. The second kappa shape index (κ2) is 7.65. The Morgan fingerprint density at radius 2 is 1.86 bits per heavy atom. The summed E-state index contributed by atoms with van der Waals surface area (Å²) in [5.41, 5.74) is 2.70. The maximum atomic E-state index is 5.45. The molecule has 1 heterocycles. The fourth-order valence-electron chi connectivity index (χ4n) is 2.67. The molecule has 22 heavy (non-hydrogen) atoms. The Morgan fingerprint density at radius 1 is 1.09 bits per heavy atom. The van der Waals surface area contributed by atoms with Crippen molar-refractivity contribution in [2.75, 3.05) is 12.3 Å². The van der Waals surface area contributed by atoms with Gasteiger partial charge in [0, 0.05) is 17.2 Å². The highest BCUT2D eigenvalue weighted by Crippen LogP contribution is 2.35. The van der Waals surface area contributed by atoms with Crippen LogP contribution in [0, 0.1) is 0 Å². The summed E-state index contributed by atoms with van der Waals surface area (Å²) in [6, 6.07) is 19.4. The van der Waals surface area contributed by atoms with Gasteiger partial charge in [-0.2, -0.15) is 0 Å². The molecule has 1 aliphatic rings. The molecule has 0 bridgehead atoms. The fourth-order valence-corrected chi connectivity index (χ4v) is 4.04. The number of hydrogen-bond acceptors (Lipinski definition) is 2. The zero-order valence-electron chi connectivity index (χ0n) is 12.4. The smallest absolute Gasteiger partial charge is 0.166 e. The van der Waals surface area contributed by atoms with Gasteiger partial charge in [0.05, 0.1) is 6.04 Å². The Morgan fingerprint density at radius 3 is 2.73 bits per heavy atom. The highest BCUT2D eigenvalue weighted by molar-refractivity contribution is 7.99. The van der Waals surface area contributed by atoms with E-state index in [2.05, 4.69) is 59.2 Å². The van der Waals surface area contributed by atoms with Crippen LogP contribution >= 0.6 is 24.0 Å². The number of thiocarbonyl (C=S) groups is 1. The number of benzene rings is 2. The molecule has 1 atom stereocenters. The Labute approximate surface area is 141 Å². The fraction of sp³-hybridized carbons (Fsp3) is 0.278. The largest absolute Gasteiger partial charge is 0.362 e. The first-order chi connectivity index (χ1) is 10.8. The van der Waals surface area contributed by atoms with E-state index in [0.29, 0.717) is 6.04 Å². The third kappa shape index (κ3) is 4.02. The summed E-state index contributed by atoms with van der Waals surface area (Å²) in [5.74, 6) is 1.14. The lowest BCUT2D eigenvalue weighted by Gasteiger charge is -2.27. The van der Waals surface area contributed by atoms with Crippen molar-refractivity contribution in [3.63, 3.8) is 0 Å². The number of hydrogen-bond donors (Lipinski definition) is 2. The van der Waals surface area contributed by atoms with Crippen molar-refractivity contribution < 1.29 is 0 Å². The van der Waals surface area contributed by atoms with Crippen LogP contribution in [0.1, 0.15) is 23.6 Å². The minimum atomic E-state index is 0.328. The lowest BCUT2D eigenvalue weighted by molar-refractivity contribution is 0.603. The van der Waals surface area contributed by atoms with E-state index < -0.39 is 0 Å². The maximum absolute atomic E-state index is 5.45. The van der Waals surface area contributed by atoms with Crippen LogP contribution in [0.15, 0.2) is 59.5 Å². The van der Waals surface area contributed by atoms with Crippen LogP contribution in [-0.4, -0.2) is 17.4 Å². The van der Waals surface area contributed by atoms with Crippen molar-refractivity contribution in [2.24, 2.45) is 0 Å². The molecule has 114 valence electrons. The van der Waals surface area contributed by atoms with Gasteiger partial charge in [-0.25, -0.2) is 0 Å². The van der Waals surface area contributed by atoms with Crippen LogP contribution in [0.4, 0.5) is 0 Å². The van der Waals surface area contributed by atoms with E-state index in [9.17, 15) is 0 Å². The van der Waals surface area contributed by atoms with Crippen molar-refractivity contribution in [1.29, 1.82) is 0 Å². The zero-order valence-corrected chi connectivity index (χ0v) is 14.1. The third-order valence-electron chi connectivity index (χ3n) is 3.81. The molecule has 2 aromatic carbocycles. The van der Waals surface area contributed by atoms with Gasteiger partial charge in [0.15, 0.2) is 5.11 Å². The molecule has 4 heteroatoms. The van der Waals surface area contributed by atoms with Crippen LogP contribution in [0.25, 0.3) is 0 Å².